The Morgan fingerprint density at radius 1 is 1.32 bits per heavy atom. The fraction of sp³-hybridized carbons (Fsp3) is 0.500. The predicted octanol–water partition coefficient (Wildman–Crippen LogP) is 2.20. The first-order valence-corrected chi connectivity index (χ1v) is 7.46. The van der Waals surface area contributed by atoms with E-state index in [1.54, 1.807) is 4.90 Å². The van der Waals surface area contributed by atoms with Crippen LogP contribution in [0.3, 0.4) is 0 Å². The Bertz CT molecular complexity index is 656. The molecule has 1 aromatic rings. The SMILES string of the molecule is COC(=O)N1Cc2cc3c(cc2[C@@H]2CC(=O)CC[C@H]21)OCO3. The van der Waals surface area contributed by atoms with Gasteiger partial charge in [0.05, 0.1) is 7.11 Å². The number of hydrogen-bond donors (Lipinski definition) is 0. The summed E-state index contributed by atoms with van der Waals surface area (Å²) < 4.78 is 15.8. The summed E-state index contributed by atoms with van der Waals surface area (Å²) in [6.07, 6.45) is 1.33. The van der Waals surface area contributed by atoms with E-state index in [1.807, 2.05) is 12.1 Å². The second-order valence-electron chi connectivity index (χ2n) is 5.96. The lowest BCUT2D eigenvalue weighted by atomic mass is 9.74. The molecule has 0 unspecified atom stereocenters. The Balaban J connectivity index is 1.79. The van der Waals surface area contributed by atoms with E-state index in [0.717, 1.165) is 16.9 Å². The van der Waals surface area contributed by atoms with Gasteiger partial charge in [0.25, 0.3) is 0 Å². The van der Waals surface area contributed by atoms with Crippen molar-refractivity contribution in [3.05, 3.63) is 23.3 Å². The minimum absolute atomic E-state index is 0.0121. The molecule has 1 saturated carbocycles. The number of amides is 1. The van der Waals surface area contributed by atoms with Crippen molar-refractivity contribution in [2.75, 3.05) is 13.9 Å². The maximum Gasteiger partial charge on any atom is 0.410 e. The van der Waals surface area contributed by atoms with Gasteiger partial charge < -0.3 is 19.1 Å². The van der Waals surface area contributed by atoms with Gasteiger partial charge in [-0.25, -0.2) is 4.79 Å². The third-order valence-electron chi connectivity index (χ3n) is 4.82. The van der Waals surface area contributed by atoms with Gasteiger partial charge >= 0.3 is 6.09 Å². The van der Waals surface area contributed by atoms with Crippen LogP contribution in [0.1, 0.15) is 36.3 Å². The van der Waals surface area contributed by atoms with E-state index in [9.17, 15) is 9.59 Å². The van der Waals surface area contributed by atoms with Crippen molar-refractivity contribution in [2.24, 2.45) is 0 Å². The Morgan fingerprint density at radius 2 is 2.09 bits per heavy atom. The quantitative estimate of drug-likeness (QED) is 0.735. The fourth-order valence-electron chi connectivity index (χ4n) is 3.78. The smallest absolute Gasteiger partial charge is 0.410 e. The number of methoxy groups -OCH3 is 1. The standard InChI is InChI=1S/C16H17NO5/c1-20-16(19)17-7-9-4-14-15(22-8-21-14)6-11(9)12-5-10(18)2-3-13(12)17/h4,6,12-13H,2-3,5,7-8H2,1H3/t12-,13+/m0/s1. The van der Waals surface area contributed by atoms with Gasteiger partial charge in [0, 0.05) is 31.3 Å². The fourth-order valence-corrected chi connectivity index (χ4v) is 3.78. The zero-order valence-corrected chi connectivity index (χ0v) is 12.3. The lowest BCUT2D eigenvalue weighted by molar-refractivity contribution is -0.122. The van der Waals surface area contributed by atoms with Crippen LogP contribution in [0.5, 0.6) is 11.5 Å². The van der Waals surface area contributed by atoms with E-state index in [2.05, 4.69) is 0 Å². The Labute approximate surface area is 127 Å². The minimum atomic E-state index is -0.340. The average Bonchev–Trinajstić information content (AvgIpc) is 2.98. The molecule has 22 heavy (non-hydrogen) atoms. The molecule has 116 valence electrons. The van der Waals surface area contributed by atoms with Crippen LogP contribution in [0.25, 0.3) is 0 Å². The topological polar surface area (TPSA) is 65.1 Å². The van der Waals surface area contributed by atoms with E-state index in [4.69, 9.17) is 14.2 Å². The van der Waals surface area contributed by atoms with Crippen LogP contribution in [-0.4, -0.2) is 36.7 Å². The number of nitrogens with zero attached hydrogens (tertiary/aromatic N) is 1. The summed E-state index contributed by atoms with van der Waals surface area (Å²) >= 11 is 0. The molecule has 6 nitrogen and oxygen atoms in total. The molecule has 1 aliphatic carbocycles. The molecule has 2 atom stereocenters. The average molecular weight is 303 g/mol. The van der Waals surface area contributed by atoms with E-state index in [1.165, 1.54) is 7.11 Å². The molecule has 0 spiro atoms. The van der Waals surface area contributed by atoms with Gasteiger partial charge in [-0.1, -0.05) is 0 Å². The summed E-state index contributed by atoms with van der Waals surface area (Å²) in [5, 5.41) is 0. The lowest BCUT2D eigenvalue weighted by Crippen LogP contribution is -2.49. The highest BCUT2D eigenvalue weighted by Gasteiger charge is 2.42. The van der Waals surface area contributed by atoms with Gasteiger partial charge in [-0.15, -0.1) is 0 Å². The van der Waals surface area contributed by atoms with E-state index < -0.39 is 0 Å². The van der Waals surface area contributed by atoms with Crippen molar-refractivity contribution in [3.63, 3.8) is 0 Å². The molecule has 1 fully saturated rings. The summed E-state index contributed by atoms with van der Waals surface area (Å²) in [5.41, 5.74) is 2.10. The van der Waals surface area contributed by atoms with Crippen LogP contribution in [0, 0.1) is 0 Å². The van der Waals surface area contributed by atoms with Crippen molar-refractivity contribution in [3.8, 4) is 11.5 Å². The zero-order valence-electron chi connectivity index (χ0n) is 12.3. The molecule has 1 amide bonds. The molecule has 0 aromatic heterocycles. The third-order valence-corrected chi connectivity index (χ3v) is 4.82. The van der Waals surface area contributed by atoms with Gasteiger partial charge in [-0.3, -0.25) is 4.79 Å². The highest BCUT2D eigenvalue weighted by molar-refractivity contribution is 5.81. The Kier molecular flexibility index (Phi) is 2.99. The van der Waals surface area contributed by atoms with Gasteiger partial charge in [-0.05, 0) is 29.7 Å². The normalized spacial score (nSPS) is 25.5. The van der Waals surface area contributed by atoms with E-state index in [0.29, 0.717) is 31.6 Å². The molecule has 1 aromatic carbocycles. The number of ketones is 1. The van der Waals surface area contributed by atoms with Crippen molar-refractivity contribution in [2.45, 2.75) is 37.8 Å². The zero-order chi connectivity index (χ0) is 15.3. The van der Waals surface area contributed by atoms with Gasteiger partial charge in [0.15, 0.2) is 11.5 Å². The number of Topliss-reactive ketones (excluding diaryl/α,β-unsaturated/α-hetero) is 1. The maximum atomic E-state index is 12.1. The van der Waals surface area contributed by atoms with Crippen molar-refractivity contribution >= 4 is 11.9 Å². The number of rotatable bonds is 0. The molecule has 6 heteroatoms. The monoisotopic (exact) mass is 303 g/mol. The van der Waals surface area contributed by atoms with Gasteiger partial charge in [0.1, 0.15) is 5.78 Å². The van der Waals surface area contributed by atoms with Crippen molar-refractivity contribution in [1.29, 1.82) is 0 Å². The van der Waals surface area contributed by atoms with Gasteiger partial charge in [0.2, 0.25) is 6.79 Å². The number of ether oxygens (including phenoxy) is 3. The van der Waals surface area contributed by atoms with Crippen LogP contribution in [0.2, 0.25) is 0 Å². The molecular weight excluding hydrogens is 286 g/mol. The highest BCUT2D eigenvalue weighted by atomic mass is 16.7. The summed E-state index contributed by atoms with van der Waals surface area (Å²) in [4.78, 5) is 25.8. The van der Waals surface area contributed by atoms with Crippen LogP contribution >= 0.6 is 0 Å². The number of carbonyl (C=O) groups is 2. The van der Waals surface area contributed by atoms with Crippen LogP contribution < -0.4 is 9.47 Å². The molecule has 2 aliphatic heterocycles. The van der Waals surface area contributed by atoms with Crippen molar-refractivity contribution < 1.29 is 23.8 Å². The summed E-state index contributed by atoms with van der Waals surface area (Å²) in [6, 6.07) is 3.91. The van der Waals surface area contributed by atoms with E-state index >= 15 is 0 Å². The Morgan fingerprint density at radius 3 is 2.86 bits per heavy atom. The summed E-state index contributed by atoms with van der Waals surface area (Å²) in [7, 11) is 1.39. The van der Waals surface area contributed by atoms with Gasteiger partial charge in [-0.2, -0.15) is 0 Å². The summed E-state index contributed by atoms with van der Waals surface area (Å²) in [6.45, 7) is 0.694. The largest absolute Gasteiger partial charge is 0.454 e. The molecule has 4 rings (SSSR count). The van der Waals surface area contributed by atoms with Crippen LogP contribution in [-0.2, 0) is 16.1 Å². The van der Waals surface area contributed by atoms with Crippen LogP contribution in [0.4, 0.5) is 4.79 Å². The first kappa shape index (κ1) is 13.4. The first-order valence-electron chi connectivity index (χ1n) is 7.46. The molecule has 2 heterocycles. The molecule has 3 aliphatic rings. The molecular formula is C16H17NO5. The molecule has 0 N–H and O–H groups in total. The summed E-state index contributed by atoms with van der Waals surface area (Å²) in [5.74, 6) is 1.68. The Hall–Kier alpha value is -2.24. The third kappa shape index (κ3) is 1.94. The first-order chi connectivity index (χ1) is 10.7. The molecule has 0 saturated heterocycles. The van der Waals surface area contributed by atoms with Crippen molar-refractivity contribution in [1.82, 2.24) is 4.90 Å². The number of fused-ring (bicyclic) bond motifs is 4. The van der Waals surface area contributed by atoms with E-state index in [-0.39, 0.29) is 30.6 Å². The molecule has 0 bridgehead atoms. The predicted molar refractivity (Wildman–Crippen MR) is 75.9 cm³/mol. The second-order valence-corrected chi connectivity index (χ2v) is 5.96. The minimum Gasteiger partial charge on any atom is -0.454 e. The lowest BCUT2D eigenvalue weighted by Gasteiger charge is -2.43. The number of benzene rings is 1. The second kappa shape index (κ2) is 4.90. The highest BCUT2D eigenvalue weighted by Crippen LogP contribution is 2.46. The number of carbonyl (C=O) groups excluding carboxylic acids is 2. The number of hydrogen-bond acceptors (Lipinski definition) is 5. The van der Waals surface area contributed by atoms with Crippen LogP contribution in [0.15, 0.2) is 12.1 Å². The molecule has 0 radical (unpaired) electrons. The maximum absolute atomic E-state index is 12.1.